The smallest absolute Gasteiger partial charge is 0.256 e. The first-order chi connectivity index (χ1) is 8.63. The number of carbonyl (C=O) groups excluding carboxylic acids is 1. The highest BCUT2D eigenvalue weighted by Gasteiger charge is 2.25. The summed E-state index contributed by atoms with van der Waals surface area (Å²) in [5, 5.41) is 3.18. The van der Waals surface area contributed by atoms with E-state index in [-0.39, 0.29) is 17.5 Å². The van der Waals surface area contributed by atoms with Crippen LogP contribution in [0.1, 0.15) is 16.8 Å². The fraction of sp³-hybridized carbons (Fsp3) is 0.462. The first kappa shape index (κ1) is 12.8. The molecule has 0 spiro atoms. The predicted octanol–water partition coefficient (Wildman–Crippen LogP) is 1.27. The van der Waals surface area contributed by atoms with Gasteiger partial charge < -0.3 is 15.0 Å². The molecule has 1 aliphatic rings. The van der Waals surface area contributed by atoms with Crippen LogP contribution >= 0.6 is 0 Å². The Labute approximate surface area is 106 Å². The van der Waals surface area contributed by atoms with Gasteiger partial charge in [0.05, 0.1) is 12.7 Å². The molecule has 1 heterocycles. The van der Waals surface area contributed by atoms with Crippen LogP contribution in [0.15, 0.2) is 18.2 Å². The van der Waals surface area contributed by atoms with Crippen molar-refractivity contribution in [1.82, 2.24) is 10.2 Å². The van der Waals surface area contributed by atoms with E-state index >= 15 is 0 Å². The van der Waals surface area contributed by atoms with Gasteiger partial charge in [0.25, 0.3) is 5.91 Å². The Kier molecular flexibility index (Phi) is 3.81. The maximum atomic E-state index is 13.8. The summed E-state index contributed by atoms with van der Waals surface area (Å²) in [5.74, 6) is -0.421. The van der Waals surface area contributed by atoms with E-state index in [1.165, 1.54) is 19.2 Å². The lowest BCUT2D eigenvalue weighted by atomic mass is 10.1. The van der Waals surface area contributed by atoms with Gasteiger partial charge in [-0.1, -0.05) is 0 Å². The number of likely N-dealkylation sites (N-methyl/N-ethyl adjacent to an activating group) is 1. The molecule has 0 aliphatic carbocycles. The number of hydrogen-bond acceptors (Lipinski definition) is 3. The molecule has 0 radical (unpaired) electrons. The zero-order valence-electron chi connectivity index (χ0n) is 10.6. The first-order valence-corrected chi connectivity index (χ1v) is 5.95. The summed E-state index contributed by atoms with van der Waals surface area (Å²) in [6, 6.07) is 4.43. The van der Waals surface area contributed by atoms with Crippen LogP contribution in [0.4, 0.5) is 4.39 Å². The molecule has 2 rings (SSSR count). The number of halogens is 1. The number of benzene rings is 1. The van der Waals surface area contributed by atoms with Crippen molar-refractivity contribution in [2.45, 2.75) is 12.5 Å². The van der Waals surface area contributed by atoms with Gasteiger partial charge in [0.1, 0.15) is 11.6 Å². The summed E-state index contributed by atoms with van der Waals surface area (Å²) in [6.07, 6.45) is 0.903. The fourth-order valence-corrected chi connectivity index (χ4v) is 2.12. The Morgan fingerprint density at radius 1 is 1.56 bits per heavy atom. The van der Waals surface area contributed by atoms with Crippen LogP contribution in [0.3, 0.4) is 0 Å². The number of carbonyl (C=O) groups is 1. The van der Waals surface area contributed by atoms with Gasteiger partial charge in [-0.15, -0.1) is 0 Å². The van der Waals surface area contributed by atoms with Crippen molar-refractivity contribution >= 4 is 5.91 Å². The third-order valence-electron chi connectivity index (χ3n) is 3.31. The van der Waals surface area contributed by atoms with Gasteiger partial charge in [0.2, 0.25) is 0 Å². The molecule has 1 aromatic carbocycles. The van der Waals surface area contributed by atoms with Gasteiger partial charge in [0.15, 0.2) is 0 Å². The highest BCUT2D eigenvalue weighted by molar-refractivity contribution is 5.94. The molecule has 0 bridgehead atoms. The fourth-order valence-electron chi connectivity index (χ4n) is 2.12. The van der Waals surface area contributed by atoms with Crippen LogP contribution < -0.4 is 10.1 Å². The monoisotopic (exact) mass is 252 g/mol. The number of methoxy groups -OCH3 is 1. The lowest BCUT2D eigenvalue weighted by Gasteiger charge is -2.24. The standard InChI is InChI=1S/C13H17FN2O2/c1-16(9-5-6-15-8-9)13(17)11-4-3-10(18-2)7-12(11)14/h3-4,7,9,15H,5-6,8H2,1-2H3/t9-/m0/s1. The summed E-state index contributed by atoms with van der Waals surface area (Å²) in [7, 11) is 3.18. The molecule has 5 heteroatoms. The molecule has 0 saturated carbocycles. The van der Waals surface area contributed by atoms with Crippen molar-refractivity contribution in [1.29, 1.82) is 0 Å². The van der Waals surface area contributed by atoms with Gasteiger partial charge >= 0.3 is 0 Å². The molecule has 1 saturated heterocycles. The van der Waals surface area contributed by atoms with E-state index in [4.69, 9.17) is 4.74 Å². The molecule has 98 valence electrons. The lowest BCUT2D eigenvalue weighted by molar-refractivity contribution is 0.0739. The molecule has 1 aliphatic heterocycles. The summed E-state index contributed by atoms with van der Waals surface area (Å²) in [4.78, 5) is 13.8. The normalized spacial score (nSPS) is 18.7. The minimum absolute atomic E-state index is 0.0881. The highest BCUT2D eigenvalue weighted by Crippen LogP contribution is 2.19. The quantitative estimate of drug-likeness (QED) is 0.880. The predicted molar refractivity (Wildman–Crippen MR) is 66.3 cm³/mol. The number of amides is 1. The van der Waals surface area contributed by atoms with Crippen molar-refractivity contribution in [3.8, 4) is 5.75 Å². The molecule has 1 amide bonds. The molecule has 0 aromatic heterocycles. The van der Waals surface area contributed by atoms with E-state index in [9.17, 15) is 9.18 Å². The number of rotatable bonds is 3. The van der Waals surface area contributed by atoms with Crippen LogP contribution in [0.25, 0.3) is 0 Å². The second kappa shape index (κ2) is 5.35. The molecule has 0 unspecified atom stereocenters. The minimum Gasteiger partial charge on any atom is -0.497 e. The minimum atomic E-state index is -0.544. The summed E-state index contributed by atoms with van der Waals surface area (Å²) in [5.41, 5.74) is 0.0881. The van der Waals surface area contributed by atoms with Crippen molar-refractivity contribution in [3.05, 3.63) is 29.6 Å². The topological polar surface area (TPSA) is 41.6 Å². The van der Waals surface area contributed by atoms with Crippen LogP contribution in [0, 0.1) is 5.82 Å². The van der Waals surface area contributed by atoms with E-state index in [1.54, 1.807) is 18.0 Å². The Bertz CT molecular complexity index is 445. The molecular formula is C13H17FN2O2. The molecule has 1 aromatic rings. The van der Waals surface area contributed by atoms with Crippen LogP contribution in [0.2, 0.25) is 0 Å². The van der Waals surface area contributed by atoms with Gasteiger partial charge in [-0.2, -0.15) is 0 Å². The molecular weight excluding hydrogens is 235 g/mol. The number of ether oxygens (including phenoxy) is 1. The van der Waals surface area contributed by atoms with Crippen molar-refractivity contribution in [2.75, 3.05) is 27.2 Å². The van der Waals surface area contributed by atoms with Crippen LogP contribution in [-0.2, 0) is 0 Å². The average molecular weight is 252 g/mol. The Morgan fingerprint density at radius 2 is 2.33 bits per heavy atom. The molecule has 1 fully saturated rings. The van der Waals surface area contributed by atoms with Crippen LogP contribution in [0.5, 0.6) is 5.75 Å². The number of nitrogens with one attached hydrogen (secondary N) is 1. The van der Waals surface area contributed by atoms with E-state index in [2.05, 4.69) is 5.32 Å². The largest absolute Gasteiger partial charge is 0.497 e. The zero-order valence-corrected chi connectivity index (χ0v) is 10.6. The summed E-state index contributed by atoms with van der Waals surface area (Å²) in [6.45, 7) is 1.66. The Morgan fingerprint density at radius 3 is 2.89 bits per heavy atom. The van der Waals surface area contributed by atoms with E-state index in [0.717, 1.165) is 19.5 Å². The van der Waals surface area contributed by atoms with Crippen molar-refractivity contribution < 1.29 is 13.9 Å². The second-order valence-electron chi connectivity index (χ2n) is 4.41. The first-order valence-electron chi connectivity index (χ1n) is 5.95. The SMILES string of the molecule is COc1ccc(C(=O)N(C)[C@H]2CCNC2)c(F)c1. The zero-order chi connectivity index (χ0) is 13.1. The third kappa shape index (κ3) is 2.46. The van der Waals surface area contributed by atoms with E-state index < -0.39 is 5.82 Å². The number of hydrogen-bond donors (Lipinski definition) is 1. The van der Waals surface area contributed by atoms with E-state index in [0.29, 0.717) is 5.75 Å². The van der Waals surface area contributed by atoms with Crippen LogP contribution in [-0.4, -0.2) is 44.1 Å². The molecule has 1 atom stereocenters. The van der Waals surface area contributed by atoms with Gasteiger partial charge in [-0.3, -0.25) is 4.79 Å². The third-order valence-corrected chi connectivity index (χ3v) is 3.31. The maximum Gasteiger partial charge on any atom is 0.256 e. The lowest BCUT2D eigenvalue weighted by Crippen LogP contribution is -2.38. The Balaban J connectivity index is 2.17. The van der Waals surface area contributed by atoms with Gasteiger partial charge in [0, 0.05) is 25.7 Å². The van der Waals surface area contributed by atoms with E-state index in [1.807, 2.05) is 0 Å². The molecule has 1 N–H and O–H groups in total. The Hall–Kier alpha value is -1.62. The molecule has 18 heavy (non-hydrogen) atoms. The van der Waals surface area contributed by atoms with Gasteiger partial charge in [-0.05, 0) is 25.1 Å². The van der Waals surface area contributed by atoms with Crippen molar-refractivity contribution in [2.24, 2.45) is 0 Å². The average Bonchev–Trinajstić information content (AvgIpc) is 2.90. The van der Waals surface area contributed by atoms with Gasteiger partial charge in [-0.25, -0.2) is 4.39 Å². The molecule has 4 nitrogen and oxygen atoms in total. The summed E-state index contributed by atoms with van der Waals surface area (Å²) < 4.78 is 18.7. The van der Waals surface area contributed by atoms with Crippen molar-refractivity contribution in [3.63, 3.8) is 0 Å². The highest BCUT2D eigenvalue weighted by atomic mass is 19.1. The maximum absolute atomic E-state index is 13.8. The summed E-state index contributed by atoms with van der Waals surface area (Å²) >= 11 is 0. The second-order valence-corrected chi connectivity index (χ2v) is 4.41. The number of nitrogens with zero attached hydrogens (tertiary/aromatic N) is 1.